The van der Waals surface area contributed by atoms with Crippen LogP contribution in [0.15, 0.2) is 54.7 Å². The number of carboxylic acids is 1. The number of benzene rings is 2. The summed E-state index contributed by atoms with van der Waals surface area (Å²) in [6, 6.07) is 14.3. The Bertz CT molecular complexity index is 875. The van der Waals surface area contributed by atoms with Crippen LogP contribution in [-0.2, 0) is 16.0 Å². The molecule has 0 spiro atoms. The van der Waals surface area contributed by atoms with Gasteiger partial charge < -0.3 is 15.4 Å². The Morgan fingerprint density at radius 1 is 1.15 bits per heavy atom. The van der Waals surface area contributed by atoms with Gasteiger partial charge in [0, 0.05) is 23.5 Å². The molecule has 3 rings (SSSR count). The summed E-state index contributed by atoms with van der Waals surface area (Å²) in [5, 5.41) is 11.6. The van der Waals surface area contributed by atoms with Crippen LogP contribution in [0.2, 0.25) is 0 Å². The summed E-state index contributed by atoms with van der Waals surface area (Å²) in [4.78, 5) is 24.4. The second kappa shape index (κ2) is 9.36. The fourth-order valence-electron chi connectivity index (χ4n) is 2.40. The number of aromatic amines is 1. The molecule has 5 nitrogen and oxygen atoms in total. The van der Waals surface area contributed by atoms with E-state index in [-0.39, 0.29) is 18.3 Å². The molecule has 136 valence electrons. The lowest BCUT2D eigenvalue weighted by Crippen LogP contribution is -2.29. The fourth-order valence-corrected chi connectivity index (χ4v) is 2.40. The zero-order valence-corrected chi connectivity index (χ0v) is 14.5. The Morgan fingerprint density at radius 2 is 1.88 bits per heavy atom. The zero-order chi connectivity index (χ0) is 18.9. The number of aromatic nitrogens is 1. The molecule has 0 unspecified atom stereocenters. The SMILES string of the molecule is Cc1c[nH]c2ccc(F)cc12.O=C(O)CNC(=O)CCc1ccccc1. The molecular weight excluding hydrogens is 335 g/mol. The second-order valence-electron chi connectivity index (χ2n) is 5.82. The molecular formula is C20H21FN2O3. The van der Waals surface area contributed by atoms with Gasteiger partial charge in [-0.2, -0.15) is 0 Å². The second-order valence-corrected chi connectivity index (χ2v) is 5.82. The normalized spacial score (nSPS) is 10.1. The van der Waals surface area contributed by atoms with Crippen molar-refractivity contribution in [3.63, 3.8) is 0 Å². The quantitative estimate of drug-likeness (QED) is 0.655. The van der Waals surface area contributed by atoms with E-state index in [1.54, 1.807) is 12.1 Å². The first-order valence-corrected chi connectivity index (χ1v) is 8.21. The highest BCUT2D eigenvalue weighted by molar-refractivity contribution is 5.83. The number of carbonyl (C=O) groups excluding carboxylic acids is 1. The molecule has 0 fully saturated rings. The first-order chi connectivity index (χ1) is 12.5. The number of amides is 1. The highest BCUT2D eigenvalue weighted by atomic mass is 19.1. The number of aryl methyl sites for hydroxylation is 2. The lowest BCUT2D eigenvalue weighted by molar-refractivity contribution is -0.137. The molecule has 0 aliphatic carbocycles. The predicted molar refractivity (Wildman–Crippen MR) is 98.4 cm³/mol. The number of carbonyl (C=O) groups is 2. The number of hydrogen-bond acceptors (Lipinski definition) is 2. The molecule has 2 aromatic carbocycles. The van der Waals surface area contributed by atoms with E-state index in [0.29, 0.717) is 12.8 Å². The third-order valence-electron chi connectivity index (χ3n) is 3.77. The predicted octanol–water partition coefficient (Wildman–Crippen LogP) is 3.44. The van der Waals surface area contributed by atoms with Crippen LogP contribution in [0.5, 0.6) is 0 Å². The first kappa shape index (κ1) is 19.2. The molecule has 6 heteroatoms. The third-order valence-corrected chi connectivity index (χ3v) is 3.77. The monoisotopic (exact) mass is 356 g/mol. The topological polar surface area (TPSA) is 82.2 Å². The van der Waals surface area contributed by atoms with Gasteiger partial charge in [-0.25, -0.2) is 4.39 Å². The number of rotatable bonds is 5. The number of H-pyrrole nitrogens is 1. The van der Waals surface area contributed by atoms with Crippen molar-refractivity contribution in [3.8, 4) is 0 Å². The van der Waals surface area contributed by atoms with Crippen LogP contribution in [0.4, 0.5) is 4.39 Å². The minimum absolute atomic E-state index is 0.180. The number of halogens is 1. The van der Waals surface area contributed by atoms with E-state index in [4.69, 9.17) is 5.11 Å². The molecule has 0 radical (unpaired) electrons. The van der Waals surface area contributed by atoms with Crippen LogP contribution in [0, 0.1) is 12.7 Å². The van der Waals surface area contributed by atoms with E-state index in [0.717, 1.165) is 22.0 Å². The molecule has 1 aromatic heterocycles. The maximum Gasteiger partial charge on any atom is 0.322 e. The van der Waals surface area contributed by atoms with Crippen LogP contribution in [0.3, 0.4) is 0 Å². The Labute approximate surface area is 150 Å². The Kier molecular flexibility index (Phi) is 6.91. The molecule has 0 aliphatic heterocycles. The molecule has 0 saturated carbocycles. The average molecular weight is 356 g/mol. The van der Waals surface area contributed by atoms with Gasteiger partial charge in [0.05, 0.1) is 0 Å². The van der Waals surface area contributed by atoms with Crippen molar-refractivity contribution in [3.05, 3.63) is 71.7 Å². The molecule has 3 aromatic rings. The minimum Gasteiger partial charge on any atom is -0.480 e. The lowest BCUT2D eigenvalue weighted by Gasteiger charge is -2.02. The van der Waals surface area contributed by atoms with Gasteiger partial charge in [-0.05, 0) is 42.7 Å². The summed E-state index contributed by atoms with van der Waals surface area (Å²) in [5.41, 5.74) is 3.14. The maximum absolute atomic E-state index is 12.7. The summed E-state index contributed by atoms with van der Waals surface area (Å²) in [6.45, 7) is 1.64. The van der Waals surface area contributed by atoms with Crippen LogP contribution >= 0.6 is 0 Å². The van der Waals surface area contributed by atoms with E-state index < -0.39 is 5.97 Å². The van der Waals surface area contributed by atoms with Crippen molar-refractivity contribution in [1.29, 1.82) is 0 Å². The van der Waals surface area contributed by atoms with Gasteiger partial charge in [0.15, 0.2) is 0 Å². The van der Waals surface area contributed by atoms with Gasteiger partial charge in [-0.3, -0.25) is 9.59 Å². The van der Waals surface area contributed by atoms with Crippen molar-refractivity contribution in [2.24, 2.45) is 0 Å². The van der Waals surface area contributed by atoms with E-state index in [1.165, 1.54) is 6.07 Å². The van der Waals surface area contributed by atoms with Crippen molar-refractivity contribution in [1.82, 2.24) is 10.3 Å². The van der Waals surface area contributed by atoms with E-state index >= 15 is 0 Å². The van der Waals surface area contributed by atoms with Gasteiger partial charge in [-0.15, -0.1) is 0 Å². The molecule has 0 aliphatic rings. The van der Waals surface area contributed by atoms with Crippen LogP contribution in [0.1, 0.15) is 17.5 Å². The van der Waals surface area contributed by atoms with E-state index in [1.807, 2.05) is 43.5 Å². The molecule has 0 atom stereocenters. The van der Waals surface area contributed by atoms with Crippen molar-refractivity contribution in [2.75, 3.05) is 6.54 Å². The standard InChI is InChI=1S/C11H13NO3.C9H8FN/c13-10(12-8-11(14)15)7-6-9-4-2-1-3-5-9;1-6-5-11-9-3-2-7(10)4-8(6)9/h1-5H,6-8H2,(H,12,13)(H,14,15);2-5,11H,1H3. The number of hydrogen-bond donors (Lipinski definition) is 3. The highest BCUT2D eigenvalue weighted by Crippen LogP contribution is 2.17. The van der Waals surface area contributed by atoms with Crippen LogP contribution in [-0.4, -0.2) is 28.5 Å². The Balaban J connectivity index is 0.000000195. The largest absolute Gasteiger partial charge is 0.480 e. The summed E-state index contributed by atoms with van der Waals surface area (Å²) < 4.78 is 12.7. The highest BCUT2D eigenvalue weighted by Gasteiger charge is 2.03. The number of carboxylic acid groups (broad SMARTS) is 1. The minimum atomic E-state index is -1.02. The summed E-state index contributed by atoms with van der Waals surface area (Å²) >= 11 is 0. The fraction of sp³-hybridized carbons (Fsp3) is 0.200. The van der Waals surface area contributed by atoms with Gasteiger partial charge >= 0.3 is 5.97 Å². The van der Waals surface area contributed by atoms with E-state index in [9.17, 15) is 14.0 Å². The first-order valence-electron chi connectivity index (χ1n) is 8.21. The maximum atomic E-state index is 12.7. The van der Waals surface area contributed by atoms with Gasteiger partial charge in [0.2, 0.25) is 5.91 Å². The smallest absolute Gasteiger partial charge is 0.322 e. The van der Waals surface area contributed by atoms with Crippen LogP contribution in [0.25, 0.3) is 10.9 Å². The molecule has 3 N–H and O–H groups in total. The van der Waals surface area contributed by atoms with Crippen molar-refractivity contribution >= 4 is 22.8 Å². The van der Waals surface area contributed by atoms with Gasteiger partial charge in [-0.1, -0.05) is 30.3 Å². The number of fused-ring (bicyclic) bond motifs is 1. The summed E-state index contributed by atoms with van der Waals surface area (Å²) in [7, 11) is 0. The Hall–Kier alpha value is -3.15. The van der Waals surface area contributed by atoms with Crippen LogP contribution < -0.4 is 5.32 Å². The Morgan fingerprint density at radius 3 is 2.58 bits per heavy atom. The third kappa shape index (κ3) is 6.05. The number of aliphatic carboxylic acids is 1. The van der Waals surface area contributed by atoms with E-state index in [2.05, 4.69) is 10.3 Å². The molecule has 1 amide bonds. The van der Waals surface area contributed by atoms with Gasteiger partial charge in [0.25, 0.3) is 0 Å². The average Bonchev–Trinajstić information content (AvgIpc) is 3.00. The lowest BCUT2D eigenvalue weighted by atomic mass is 10.1. The molecule has 0 saturated heterocycles. The molecule has 0 bridgehead atoms. The van der Waals surface area contributed by atoms with Crippen molar-refractivity contribution in [2.45, 2.75) is 19.8 Å². The molecule has 26 heavy (non-hydrogen) atoms. The summed E-state index contributed by atoms with van der Waals surface area (Å²) in [6.07, 6.45) is 2.83. The summed E-state index contributed by atoms with van der Waals surface area (Å²) in [5.74, 6) is -1.44. The molecule has 1 heterocycles. The van der Waals surface area contributed by atoms with Gasteiger partial charge in [0.1, 0.15) is 12.4 Å². The van der Waals surface area contributed by atoms with Crippen molar-refractivity contribution < 1.29 is 19.1 Å². The number of nitrogens with one attached hydrogen (secondary N) is 2. The zero-order valence-electron chi connectivity index (χ0n) is 14.5.